The third-order valence-electron chi connectivity index (χ3n) is 4.88. The summed E-state index contributed by atoms with van der Waals surface area (Å²) in [5.74, 6) is -0.201. The Morgan fingerprint density at radius 1 is 1.03 bits per heavy atom. The van der Waals surface area contributed by atoms with Gasteiger partial charge in [-0.1, -0.05) is 62.4 Å². The van der Waals surface area contributed by atoms with Crippen molar-refractivity contribution in [2.45, 2.75) is 32.9 Å². The van der Waals surface area contributed by atoms with Crippen molar-refractivity contribution >= 4 is 16.8 Å². The van der Waals surface area contributed by atoms with E-state index in [4.69, 9.17) is 0 Å². The lowest BCUT2D eigenvalue weighted by atomic mass is 10.1. The van der Waals surface area contributed by atoms with Gasteiger partial charge in [0.05, 0.1) is 17.6 Å². The molecule has 0 radical (unpaired) electrons. The Morgan fingerprint density at radius 3 is 2.37 bits per heavy atom. The molecular weight excluding hydrogens is 378 g/mol. The zero-order valence-corrected chi connectivity index (χ0v) is 16.9. The monoisotopic (exact) mass is 401 g/mol. The first-order valence-corrected chi connectivity index (χ1v) is 9.89. The highest BCUT2D eigenvalue weighted by atomic mass is 16.2. The second kappa shape index (κ2) is 8.32. The molecule has 0 aliphatic heterocycles. The van der Waals surface area contributed by atoms with Crippen molar-refractivity contribution in [3.05, 3.63) is 88.5 Å². The maximum atomic E-state index is 13.2. The maximum absolute atomic E-state index is 13.2. The standard InChI is InChI=1S/C23H23N5O2/c1-16(2)21-19-14-25-28(18-11-7-4-8-12-18)22(19)23(30)27(26-21)15-20(29)24-13-17-9-5-3-6-10-17/h3-12,14,16H,13,15H2,1-2H3,(H,24,29). The number of hydrogen-bond donors (Lipinski definition) is 1. The van der Waals surface area contributed by atoms with Crippen LogP contribution in [0.5, 0.6) is 0 Å². The smallest absolute Gasteiger partial charge is 0.293 e. The summed E-state index contributed by atoms with van der Waals surface area (Å²) in [6, 6.07) is 19.1. The molecule has 0 bridgehead atoms. The van der Waals surface area contributed by atoms with Gasteiger partial charge >= 0.3 is 0 Å². The van der Waals surface area contributed by atoms with Gasteiger partial charge in [0.15, 0.2) is 0 Å². The fraction of sp³-hybridized carbons (Fsp3) is 0.217. The van der Waals surface area contributed by atoms with Gasteiger partial charge in [-0.05, 0) is 23.6 Å². The van der Waals surface area contributed by atoms with Gasteiger partial charge in [-0.25, -0.2) is 9.36 Å². The molecule has 2 aromatic heterocycles. The number of amides is 1. The quantitative estimate of drug-likeness (QED) is 0.538. The van der Waals surface area contributed by atoms with Crippen LogP contribution in [0, 0.1) is 0 Å². The molecule has 0 saturated heterocycles. The van der Waals surface area contributed by atoms with Crippen molar-refractivity contribution in [3.63, 3.8) is 0 Å². The van der Waals surface area contributed by atoms with Crippen LogP contribution in [0.15, 0.2) is 71.7 Å². The van der Waals surface area contributed by atoms with Crippen LogP contribution >= 0.6 is 0 Å². The minimum atomic E-state index is -0.342. The summed E-state index contributed by atoms with van der Waals surface area (Å²) >= 11 is 0. The first-order valence-electron chi connectivity index (χ1n) is 9.89. The lowest BCUT2D eigenvalue weighted by molar-refractivity contribution is -0.122. The molecular formula is C23H23N5O2. The Balaban J connectivity index is 1.70. The lowest BCUT2D eigenvalue weighted by Gasteiger charge is -2.12. The number of hydrogen-bond acceptors (Lipinski definition) is 4. The molecule has 1 amide bonds. The van der Waals surface area contributed by atoms with E-state index in [1.54, 1.807) is 10.9 Å². The van der Waals surface area contributed by atoms with Gasteiger partial charge in [0, 0.05) is 11.9 Å². The van der Waals surface area contributed by atoms with Gasteiger partial charge in [-0.3, -0.25) is 9.59 Å². The molecule has 1 N–H and O–H groups in total. The minimum Gasteiger partial charge on any atom is -0.350 e. The van der Waals surface area contributed by atoms with Crippen molar-refractivity contribution in [3.8, 4) is 5.69 Å². The van der Waals surface area contributed by atoms with Gasteiger partial charge in [0.25, 0.3) is 5.56 Å². The number of carbonyl (C=O) groups excluding carboxylic acids is 1. The number of fused-ring (bicyclic) bond motifs is 1. The second-order valence-corrected chi connectivity index (χ2v) is 7.42. The fourth-order valence-corrected chi connectivity index (χ4v) is 3.38. The van der Waals surface area contributed by atoms with E-state index in [0.29, 0.717) is 17.4 Å². The molecule has 30 heavy (non-hydrogen) atoms. The van der Waals surface area contributed by atoms with E-state index < -0.39 is 0 Å². The summed E-state index contributed by atoms with van der Waals surface area (Å²) in [6.07, 6.45) is 1.67. The number of benzene rings is 2. The number of nitrogens with zero attached hydrogens (tertiary/aromatic N) is 4. The third-order valence-corrected chi connectivity index (χ3v) is 4.88. The van der Waals surface area contributed by atoms with Gasteiger partial charge in [-0.15, -0.1) is 0 Å². The lowest BCUT2D eigenvalue weighted by Crippen LogP contribution is -2.34. The van der Waals surface area contributed by atoms with E-state index in [-0.39, 0.29) is 23.9 Å². The van der Waals surface area contributed by atoms with Crippen LogP contribution in [0.4, 0.5) is 0 Å². The van der Waals surface area contributed by atoms with Gasteiger partial charge < -0.3 is 5.32 Å². The highest BCUT2D eigenvalue weighted by Gasteiger charge is 2.19. The molecule has 0 spiro atoms. The number of para-hydroxylation sites is 1. The molecule has 4 rings (SSSR count). The van der Waals surface area contributed by atoms with Gasteiger partial charge in [0.1, 0.15) is 12.1 Å². The van der Waals surface area contributed by atoms with E-state index in [1.807, 2.05) is 74.5 Å². The van der Waals surface area contributed by atoms with Crippen LogP contribution < -0.4 is 10.9 Å². The minimum absolute atomic E-state index is 0.0696. The average molecular weight is 401 g/mol. The Hall–Kier alpha value is -3.74. The predicted octanol–water partition coefficient (Wildman–Crippen LogP) is 3.02. The highest BCUT2D eigenvalue weighted by molar-refractivity contribution is 5.82. The zero-order valence-electron chi connectivity index (χ0n) is 16.9. The maximum Gasteiger partial charge on any atom is 0.293 e. The number of rotatable bonds is 6. The average Bonchev–Trinajstić information content (AvgIpc) is 3.21. The summed E-state index contributed by atoms with van der Waals surface area (Å²) in [7, 11) is 0. The van der Waals surface area contributed by atoms with Crippen LogP contribution in [0.25, 0.3) is 16.6 Å². The molecule has 0 fully saturated rings. The summed E-state index contributed by atoms with van der Waals surface area (Å²) in [5, 5.41) is 12.5. The third kappa shape index (κ3) is 3.87. The van der Waals surface area contributed by atoms with Crippen molar-refractivity contribution in [1.82, 2.24) is 24.9 Å². The van der Waals surface area contributed by atoms with Crippen LogP contribution in [0.2, 0.25) is 0 Å². The van der Waals surface area contributed by atoms with E-state index in [9.17, 15) is 9.59 Å². The molecule has 7 nitrogen and oxygen atoms in total. The topological polar surface area (TPSA) is 81.8 Å². The molecule has 0 aliphatic rings. The Kier molecular flexibility index (Phi) is 5.43. The largest absolute Gasteiger partial charge is 0.350 e. The van der Waals surface area contributed by atoms with E-state index in [2.05, 4.69) is 15.5 Å². The molecule has 0 atom stereocenters. The number of nitrogens with one attached hydrogen (secondary N) is 1. The Morgan fingerprint density at radius 2 is 1.70 bits per heavy atom. The molecule has 2 aromatic carbocycles. The molecule has 4 aromatic rings. The highest BCUT2D eigenvalue weighted by Crippen LogP contribution is 2.22. The van der Waals surface area contributed by atoms with E-state index in [1.165, 1.54) is 4.68 Å². The number of aromatic nitrogens is 4. The van der Waals surface area contributed by atoms with E-state index >= 15 is 0 Å². The molecule has 152 valence electrons. The predicted molar refractivity (Wildman–Crippen MR) is 116 cm³/mol. The summed E-state index contributed by atoms with van der Waals surface area (Å²) < 4.78 is 2.85. The van der Waals surface area contributed by atoms with Crippen LogP contribution in [0.1, 0.15) is 31.0 Å². The normalized spacial score (nSPS) is 11.2. The van der Waals surface area contributed by atoms with Gasteiger partial charge in [-0.2, -0.15) is 10.2 Å². The molecule has 0 aliphatic carbocycles. The van der Waals surface area contributed by atoms with Gasteiger partial charge in [0.2, 0.25) is 5.91 Å². The fourth-order valence-electron chi connectivity index (χ4n) is 3.38. The van der Waals surface area contributed by atoms with Crippen molar-refractivity contribution in [2.24, 2.45) is 0 Å². The summed E-state index contributed by atoms with van der Waals surface area (Å²) in [5.41, 5.74) is 2.60. The first kappa shape index (κ1) is 19.6. The summed E-state index contributed by atoms with van der Waals surface area (Å²) in [6.45, 7) is 4.26. The molecule has 0 saturated carbocycles. The Bertz CT molecular complexity index is 1230. The van der Waals surface area contributed by atoms with Crippen molar-refractivity contribution < 1.29 is 4.79 Å². The first-order chi connectivity index (χ1) is 14.5. The van der Waals surface area contributed by atoms with Crippen molar-refractivity contribution in [1.29, 1.82) is 0 Å². The van der Waals surface area contributed by atoms with Crippen LogP contribution in [0.3, 0.4) is 0 Å². The van der Waals surface area contributed by atoms with Crippen LogP contribution in [-0.2, 0) is 17.9 Å². The number of carbonyl (C=O) groups is 1. The van der Waals surface area contributed by atoms with Crippen molar-refractivity contribution in [2.75, 3.05) is 0 Å². The SMILES string of the molecule is CC(C)c1nn(CC(=O)NCc2ccccc2)c(=O)c2c1cnn2-c1ccccc1. The zero-order chi connectivity index (χ0) is 21.1. The molecule has 7 heteroatoms. The van der Waals surface area contributed by atoms with E-state index in [0.717, 1.165) is 16.9 Å². The summed E-state index contributed by atoms with van der Waals surface area (Å²) in [4.78, 5) is 25.7. The molecule has 0 unspecified atom stereocenters. The molecule has 2 heterocycles. The van der Waals surface area contributed by atoms with Crippen LogP contribution in [-0.4, -0.2) is 25.5 Å². The second-order valence-electron chi connectivity index (χ2n) is 7.42. The Labute approximate surface area is 174 Å².